The Bertz CT molecular complexity index is 536. The lowest BCUT2D eigenvalue weighted by Crippen LogP contribution is -2.23. The summed E-state index contributed by atoms with van der Waals surface area (Å²) in [5.41, 5.74) is 2.91. The van der Waals surface area contributed by atoms with E-state index in [2.05, 4.69) is 40.2 Å². The van der Waals surface area contributed by atoms with Crippen LogP contribution in [0.5, 0.6) is 5.75 Å². The summed E-state index contributed by atoms with van der Waals surface area (Å²) in [6.07, 6.45) is 1.14. The predicted octanol–water partition coefficient (Wildman–Crippen LogP) is 4.17. The summed E-state index contributed by atoms with van der Waals surface area (Å²) in [4.78, 5) is 0. The molecule has 0 bridgehead atoms. The Morgan fingerprint density at radius 1 is 1.12 bits per heavy atom. The van der Waals surface area contributed by atoms with Gasteiger partial charge in [-0.1, -0.05) is 46.3 Å². The average Bonchev–Trinajstić information content (AvgIpc) is 2.30. The molecular weight excluding hydrogens is 276 g/mol. The van der Waals surface area contributed by atoms with E-state index >= 15 is 0 Å². The summed E-state index contributed by atoms with van der Waals surface area (Å²) >= 11 is 3.45. The van der Waals surface area contributed by atoms with Crippen LogP contribution in [0.2, 0.25) is 0 Å². The minimum atomic E-state index is 0.560. The van der Waals surface area contributed by atoms with Gasteiger partial charge < -0.3 is 4.74 Å². The summed E-state index contributed by atoms with van der Waals surface area (Å²) in [6.45, 7) is 0.771. The molecule has 1 aliphatic carbocycles. The van der Waals surface area contributed by atoms with Gasteiger partial charge in [0.2, 0.25) is 0 Å². The van der Waals surface area contributed by atoms with Crippen LogP contribution in [-0.4, -0.2) is 6.61 Å². The molecular formula is C15H13BrO. The maximum absolute atomic E-state index is 5.82. The largest absolute Gasteiger partial charge is 0.493 e. The molecule has 17 heavy (non-hydrogen) atoms. The molecule has 1 nitrogen and oxygen atoms in total. The molecule has 0 spiro atoms. The molecule has 0 amide bonds. The van der Waals surface area contributed by atoms with E-state index in [0.29, 0.717) is 5.92 Å². The van der Waals surface area contributed by atoms with Crippen LogP contribution in [0.15, 0.2) is 53.0 Å². The lowest BCUT2D eigenvalue weighted by atomic mass is 9.78. The number of ether oxygens (including phenoxy) is 1. The standard InChI is InChI=1S/C15H13BrO/c16-13-5-3-6-14(9-13)17-10-12-8-11-4-1-2-7-15(11)12/h1-7,9,12H,8,10H2. The fourth-order valence-corrected chi connectivity index (χ4v) is 2.64. The molecule has 0 N–H and O–H groups in total. The van der Waals surface area contributed by atoms with Crippen molar-refractivity contribution in [2.45, 2.75) is 12.3 Å². The average molecular weight is 289 g/mol. The van der Waals surface area contributed by atoms with Crippen molar-refractivity contribution in [3.8, 4) is 5.75 Å². The van der Waals surface area contributed by atoms with Gasteiger partial charge in [0.15, 0.2) is 0 Å². The van der Waals surface area contributed by atoms with Crippen molar-refractivity contribution >= 4 is 15.9 Å². The maximum atomic E-state index is 5.82. The Morgan fingerprint density at radius 2 is 2.00 bits per heavy atom. The zero-order chi connectivity index (χ0) is 11.7. The van der Waals surface area contributed by atoms with Crippen molar-refractivity contribution in [1.82, 2.24) is 0 Å². The molecule has 1 aliphatic rings. The molecule has 0 fully saturated rings. The van der Waals surface area contributed by atoms with Gasteiger partial charge >= 0.3 is 0 Å². The third-order valence-corrected chi connectivity index (χ3v) is 3.70. The van der Waals surface area contributed by atoms with Crippen LogP contribution in [0.3, 0.4) is 0 Å². The molecule has 0 saturated heterocycles. The van der Waals surface area contributed by atoms with E-state index in [1.165, 1.54) is 11.1 Å². The van der Waals surface area contributed by atoms with Crippen LogP contribution in [0.4, 0.5) is 0 Å². The number of halogens is 1. The van der Waals surface area contributed by atoms with Crippen LogP contribution in [-0.2, 0) is 6.42 Å². The van der Waals surface area contributed by atoms with E-state index in [-0.39, 0.29) is 0 Å². The molecule has 2 aromatic carbocycles. The number of hydrogen-bond acceptors (Lipinski definition) is 1. The Kier molecular flexibility index (Phi) is 2.89. The minimum absolute atomic E-state index is 0.560. The third-order valence-electron chi connectivity index (χ3n) is 3.21. The van der Waals surface area contributed by atoms with Crippen LogP contribution < -0.4 is 4.74 Å². The van der Waals surface area contributed by atoms with E-state index in [0.717, 1.165) is 23.2 Å². The quantitative estimate of drug-likeness (QED) is 0.824. The third kappa shape index (κ3) is 2.22. The Labute approximate surface area is 110 Å². The molecule has 0 aromatic heterocycles. The van der Waals surface area contributed by atoms with Crippen LogP contribution in [0.1, 0.15) is 17.0 Å². The summed E-state index contributed by atoms with van der Waals surface area (Å²) < 4.78 is 6.88. The molecule has 2 heteroatoms. The van der Waals surface area contributed by atoms with Crippen LogP contribution in [0.25, 0.3) is 0 Å². The topological polar surface area (TPSA) is 9.23 Å². The van der Waals surface area contributed by atoms with Crippen molar-refractivity contribution < 1.29 is 4.74 Å². The Hall–Kier alpha value is -1.28. The maximum Gasteiger partial charge on any atom is 0.120 e. The SMILES string of the molecule is Brc1cccc(OCC2Cc3ccccc32)c1. The van der Waals surface area contributed by atoms with E-state index in [4.69, 9.17) is 4.74 Å². The van der Waals surface area contributed by atoms with E-state index in [1.54, 1.807) is 0 Å². The fourth-order valence-electron chi connectivity index (χ4n) is 2.26. The van der Waals surface area contributed by atoms with Crippen LogP contribution >= 0.6 is 15.9 Å². The number of benzene rings is 2. The van der Waals surface area contributed by atoms with Gasteiger partial charge in [0.25, 0.3) is 0 Å². The summed E-state index contributed by atoms with van der Waals surface area (Å²) in [7, 11) is 0. The molecule has 0 aliphatic heterocycles. The fraction of sp³-hybridized carbons (Fsp3) is 0.200. The van der Waals surface area contributed by atoms with Crippen molar-refractivity contribution in [1.29, 1.82) is 0 Å². The van der Waals surface area contributed by atoms with Gasteiger partial charge in [-0.15, -0.1) is 0 Å². The first-order valence-corrected chi connectivity index (χ1v) is 6.58. The van der Waals surface area contributed by atoms with Gasteiger partial charge in [0, 0.05) is 10.4 Å². The second-order valence-corrected chi connectivity index (χ2v) is 5.28. The number of hydrogen-bond donors (Lipinski definition) is 0. The second-order valence-electron chi connectivity index (χ2n) is 4.37. The van der Waals surface area contributed by atoms with E-state index < -0.39 is 0 Å². The molecule has 86 valence electrons. The van der Waals surface area contributed by atoms with Gasteiger partial charge in [-0.2, -0.15) is 0 Å². The van der Waals surface area contributed by atoms with Gasteiger partial charge in [-0.05, 0) is 35.7 Å². The summed E-state index contributed by atoms with van der Waals surface area (Å²) in [6, 6.07) is 16.6. The minimum Gasteiger partial charge on any atom is -0.493 e. The van der Waals surface area contributed by atoms with E-state index in [9.17, 15) is 0 Å². The second kappa shape index (κ2) is 4.53. The summed E-state index contributed by atoms with van der Waals surface area (Å²) in [5, 5.41) is 0. The normalized spacial score (nSPS) is 17.1. The highest BCUT2D eigenvalue weighted by molar-refractivity contribution is 9.10. The molecule has 1 unspecified atom stereocenters. The molecule has 0 heterocycles. The summed E-state index contributed by atoms with van der Waals surface area (Å²) in [5.74, 6) is 1.49. The number of rotatable bonds is 3. The highest BCUT2D eigenvalue weighted by Crippen LogP contribution is 2.35. The lowest BCUT2D eigenvalue weighted by molar-refractivity contribution is 0.275. The Balaban J connectivity index is 1.64. The highest BCUT2D eigenvalue weighted by Gasteiger charge is 2.25. The van der Waals surface area contributed by atoms with Crippen molar-refractivity contribution in [3.05, 3.63) is 64.1 Å². The van der Waals surface area contributed by atoms with E-state index in [1.807, 2.05) is 24.3 Å². The highest BCUT2D eigenvalue weighted by atomic mass is 79.9. The zero-order valence-corrected chi connectivity index (χ0v) is 11.0. The molecule has 3 rings (SSSR count). The smallest absolute Gasteiger partial charge is 0.120 e. The first kappa shape index (κ1) is 10.8. The van der Waals surface area contributed by atoms with Crippen LogP contribution in [0, 0.1) is 0 Å². The molecule has 0 radical (unpaired) electrons. The number of fused-ring (bicyclic) bond motifs is 1. The first-order valence-electron chi connectivity index (χ1n) is 5.79. The Morgan fingerprint density at radius 3 is 2.82 bits per heavy atom. The first-order chi connectivity index (χ1) is 8.33. The van der Waals surface area contributed by atoms with Gasteiger partial charge in [-0.3, -0.25) is 0 Å². The molecule has 2 aromatic rings. The van der Waals surface area contributed by atoms with Gasteiger partial charge in [0.05, 0.1) is 6.61 Å². The predicted molar refractivity (Wildman–Crippen MR) is 72.5 cm³/mol. The molecule has 1 atom stereocenters. The van der Waals surface area contributed by atoms with Gasteiger partial charge in [0.1, 0.15) is 5.75 Å². The van der Waals surface area contributed by atoms with Crippen molar-refractivity contribution in [2.75, 3.05) is 6.61 Å². The monoisotopic (exact) mass is 288 g/mol. The zero-order valence-electron chi connectivity index (χ0n) is 9.40. The van der Waals surface area contributed by atoms with Crippen molar-refractivity contribution in [2.24, 2.45) is 0 Å². The van der Waals surface area contributed by atoms with Gasteiger partial charge in [-0.25, -0.2) is 0 Å². The lowest BCUT2D eigenvalue weighted by Gasteiger charge is -2.29. The van der Waals surface area contributed by atoms with Crippen molar-refractivity contribution in [3.63, 3.8) is 0 Å². The molecule has 0 saturated carbocycles.